The molecule has 3 rings (SSSR count). The van der Waals surface area contributed by atoms with E-state index in [2.05, 4.69) is 0 Å². The molecule has 1 aromatic heterocycles. The molecular weight excluding hydrogens is 344 g/mol. The van der Waals surface area contributed by atoms with Crippen molar-refractivity contribution in [1.82, 2.24) is 4.57 Å². The Morgan fingerprint density at radius 1 is 1.19 bits per heavy atom. The predicted octanol–water partition coefficient (Wildman–Crippen LogP) is 3.40. The Hall–Kier alpha value is -2.76. The molecule has 0 amide bonds. The van der Waals surface area contributed by atoms with Gasteiger partial charge in [0, 0.05) is 25.8 Å². The van der Waals surface area contributed by atoms with Gasteiger partial charge >= 0.3 is 5.97 Å². The lowest BCUT2D eigenvalue weighted by Crippen LogP contribution is -2.31. The second-order valence-electron chi connectivity index (χ2n) is 6.96. The van der Waals surface area contributed by atoms with Crippen molar-refractivity contribution in [1.29, 1.82) is 0 Å². The van der Waals surface area contributed by atoms with Crippen molar-refractivity contribution >= 4 is 11.7 Å². The minimum atomic E-state index is -0.430. The maximum atomic E-state index is 13.1. The van der Waals surface area contributed by atoms with Crippen molar-refractivity contribution in [3.05, 3.63) is 58.0 Å². The van der Waals surface area contributed by atoms with Crippen LogP contribution in [0.1, 0.15) is 47.6 Å². The van der Waals surface area contributed by atoms with Gasteiger partial charge in [-0.25, -0.2) is 4.79 Å². The molecule has 0 aliphatic heterocycles. The van der Waals surface area contributed by atoms with Gasteiger partial charge in [0.1, 0.15) is 11.4 Å². The summed E-state index contributed by atoms with van der Waals surface area (Å²) < 4.78 is 11.8. The predicted molar refractivity (Wildman–Crippen MR) is 105 cm³/mol. The Labute approximate surface area is 159 Å². The van der Waals surface area contributed by atoms with Crippen LogP contribution >= 0.6 is 0 Å². The quantitative estimate of drug-likeness (QED) is 0.730. The molecule has 1 fully saturated rings. The number of pyridine rings is 1. The summed E-state index contributed by atoms with van der Waals surface area (Å²) in [6, 6.07) is 9.50. The molecule has 1 aromatic carbocycles. The van der Waals surface area contributed by atoms with E-state index in [0.29, 0.717) is 17.8 Å². The third-order valence-corrected chi connectivity index (χ3v) is 5.15. The van der Waals surface area contributed by atoms with Gasteiger partial charge in [-0.3, -0.25) is 4.79 Å². The van der Waals surface area contributed by atoms with Gasteiger partial charge in [-0.15, -0.1) is 0 Å². The highest BCUT2D eigenvalue weighted by Gasteiger charge is 2.22. The van der Waals surface area contributed by atoms with E-state index >= 15 is 0 Å². The number of esters is 1. The van der Waals surface area contributed by atoms with Crippen LogP contribution in [0.4, 0.5) is 5.69 Å². The summed E-state index contributed by atoms with van der Waals surface area (Å²) in [6.45, 7) is 0.550. The standard InChI is InChI=1S/C21H26N2O4/c1-22(13-15-8-10-18(26-2)11-9-15)19-12-16(21(25)27-3)14-23(20(19)24)17-6-4-5-7-17/h8-12,14,17H,4-7,13H2,1-3H3. The first-order valence-electron chi connectivity index (χ1n) is 9.22. The third-order valence-electron chi connectivity index (χ3n) is 5.15. The van der Waals surface area contributed by atoms with Crippen LogP contribution in [0.15, 0.2) is 41.3 Å². The number of carbonyl (C=O) groups is 1. The van der Waals surface area contributed by atoms with Crippen molar-refractivity contribution < 1.29 is 14.3 Å². The normalized spacial score (nSPS) is 14.2. The van der Waals surface area contributed by atoms with E-state index in [4.69, 9.17) is 9.47 Å². The molecular formula is C21H26N2O4. The first-order valence-corrected chi connectivity index (χ1v) is 9.22. The molecule has 0 saturated heterocycles. The minimum absolute atomic E-state index is 0.0643. The number of ether oxygens (including phenoxy) is 2. The molecule has 6 heteroatoms. The monoisotopic (exact) mass is 370 g/mol. The fourth-order valence-electron chi connectivity index (χ4n) is 3.63. The smallest absolute Gasteiger partial charge is 0.339 e. The van der Waals surface area contributed by atoms with Crippen molar-refractivity contribution in [2.75, 3.05) is 26.2 Å². The second-order valence-corrected chi connectivity index (χ2v) is 6.96. The summed E-state index contributed by atoms with van der Waals surface area (Å²) in [5.74, 6) is 0.360. The van der Waals surface area contributed by atoms with E-state index in [1.54, 1.807) is 23.9 Å². The molecule has 6 nitrogen and oxygen atoms in total. The number of methoxy groups -OCH3 is 2. The Morgan fingerprint density at radius 3 is 2.44 bits per heavy atom. The summed E-state index contributed by atoms with van der Waals surface area (Å²) in [5.41, 5.74) is 1.89. The first kappa shape index (κ1) is 19.0. The van der Waals surface area contributed by atoms with Crippen LogP contribution in [-0.2, 0) is 11.3 Å². The summed E-state index contributed by atoms with van der Waals surface area (Å²) in [5, 5.41) is 0. The van der Waals surface area contributed by atoms with Gasteiger partial charge in [-0.05, 0) is 36.6 Å². The van der Waals surface area contributed by atoms with Gasteiger partial charge in [0.15, 0.2) is 0 Å². The Kier molecular flexibility index (Phi) is 5.84. The number of hydrogen-bond donors (Lipinski definition) is 0. The maximum Gasteiger partial charge on any atom is 0.339 e. The topological polar surface area (TPSA) is 60.8 Å². The zero-order chi connectivity index (χ0) is 19.4. The molecule has 0 N–H and O–H groups in total. The fraction of sp³-hybridized carbons (Fsp3) is 0.429. The lowest BCUT2D eigenvalue weighted by atomic mass is 10.1. The molecule has 0 bridgehead atoms. The van der Waals surface area contributed by atoms with Crippen LogP contribution < -0.4 is 15.2 Å². The highest BCUT2D eigenvalue weighted by Crippen LogP contribution is 2.29. The molecule has 144 valence electrons. The minimum Gasteiger partial charge on any atom is -0.497 e. The fourth-order valence-corrected chi connectivity index (χ4v) is 3.63. The number of carbonyl (C=O) groups excluding carboxylic acids is 1. The van der Waals surface area contributed by atoms with Crippen LogP contribution in [0.3, 0.4) is 0 Å². The number of benzene rings is 1. The van der Waals surface area contributed by atoms with Gasteiger partial charge in [0.05, 0.1) is 19.8 Å². The van der Waals surface area contributed by atoms with E-state index in [0.717, 1.165) is 37.0 Å². The zero-order valence-electron chi connectivity index (χ0n) is 16.1. The highest BCUT2D eigenvalue weighted by atomic mass is 16.5. The third kappa shape index (κ3) is 4.15. The van der Waals surface area contributed by atoms with Gasteiger partial charge in [0.25, 0.3) is 5.56 Å². The first-order chi connectivity index (χ1) is 13.0. The zero-order valence-corrected chi connectivity index (χ0v) is 16.1. The van der Waals surface area contributed by atoms with E-state index < -0.39 is 5.97 Å². The molecule has 1 aliphatic carbocycles. The van der Waals surface area contributed by atoms with Crippen LogP contribution in [-0.4, -0.2) is 31.8 Å². The summed E-state index contributed by atoms with van der Waals surface area (Å²) >= 11 is 0. The molecule has 0 unspecified atom stereocenters. The lowest BCUT2D eigenvalue weighted by molar-refractivity contribution is 0.0599. The van der Waals surface area contributed by atoms with Crippen molar-refractivity contribution in [3.63, 3.8) is 0 Å². The number of aromatic nitrogens is 1. The van der Waals surface area contributed by atoms with E-state index in [-0.39, 0.29) is 11.6 Å². The van der Waals surface area contributed by atoms with Gasteiger partial charge in [0.2, 0.25) is 0 Å². The molecule has 0 spiro atoms. The molecule has 0 radical (unpaired) electrons. The lowest BCUT2D eigenvalue weighted by Gasteiger charge is -2.23. The molecule has 0 atom stereocenters. The molecule has 1 saturated carbocycles. The average Bonchev–Trinajstić information content (AvgIpc) is 3.22. The molecule has 1 aliphatic rings. The van der Waals surface area contributed by atoms with Crippen LogP contribution in [0.5, 0.6) is 5.75 Å². The molecule has 2 aromatic rings. The average molecular weight is 370 g/mol. The summed E-state index contributed by atoms with van der Waals surface area (Å²) in [7, 11) is 4.85. The number of hydrogen-bond acceptors (Lipinski definition) is 5. The van der Waals surface area contributed by atoms with Crippen LogP contribution in [0.2, 0.25) is 0 Å². The number of rotatable bonds is 6. The Morgan fingerprint density at radius 2 is 1.85 bits per heavy atom. The maximum absolute atomic E-state index is 13.1. The van der Waals surface area contributed by atoms with Crippen molar-refractivity contribution in [3.8, 4) is 5.75 Å². The highest BCUT2D eigenvalue weighted by molar-refractivity contribution is 5.90. The molecule has 27 heavy (non-hydrogen) atoms. The van der Waals surface area contributed by atoms with Crippen LogP contribution in [0.25, 0.3) is 0 Å². The van der Waals surface area contributed by atoms with Crippen LogP contribution in [0, 0.1) is 0 Å². The largest absolute Gasteiger partial charge is 0.497 e. The summed E-state index contributed by atoms with van der Waals surface area (Å²) in [4.78, 5) is 27.1. The van der Waals surface area contributed by atoms with Crippen molar-refractivity contribution in [2.24, 2.45) is 0 Å². The SMILES string of the molecule is COC(=O)c1cc(N(C)Cc2ccc(OC)cc2)c(=O)n(C2CCCC2)c1. The molecule has 1 heterocycles. The number of anilines is 1. The van der Waals surface area contributed by atoms with E-state index in [1.807, 2.05) is 36.2 Å². The van der Waals surface area contributed by atoms with E-state index in [9.17, 15) is 9.59 Å². The number of nitrogens with zero attached hydrogens (tertiary/aromatic N) is 2. The van der Waals surface area contributed by atoms with Crippen molar-refractivity contribution in [2.45, 2.75) is 38.3 Å². The van der Waals surface area contributed by atoms with Gasteiger partial charge in [-0.1, -0.05) is 25.0 Å². The van der Waals surface area contributed by atoms with E-state index in [1.165, 1.54) is 7.11 Å². The Bertz CT molecular complexity index is 851. The Balaban J connectivity index is 1.95. The second kappa shape index (κ2) is 8.29. The van der Waals surface area contributed by atoms with Gasteiger partial charge in [-0.2, -0.15) is 0 Å². The van der Waals surface area contributed by atoms with Gasteiger partial charge < -0.3 is 18.9 Å². The summed E-state index contributed by atoms with van der Waals surface area (Å²) in [6.07, 6.45) is 5.79.